The highest BCUT2D eigenvalue weighted by Crippen LogP contribution is 2.21. The van der Waals surface area contributed by atoms with Crippen molar-refractivity contribution in [1.82, 2.24) is 4.90 Å². The van der Waals surface area contributed by atoms with Gasteiger partial charge in [0.05, 0.1) is 18.2 Å². The summed E-state index contributed by atoms with van der Waals surface area (Å²) in [5.74, 6) is -5.04. The van der Waals surface area contributed by atoms with Crippen molar-refractivity contribution in [3.05, 3.63) is 71.0 Å². The molecule has 1 saturated heterocycles. The third kappa shape index (κ3) is 3.85. The topological polar surface area (TPSA) is 29.5 Å². The molecule has 1 fully saturated rings. The Morgan fingerprint density at radius 1 is 1.08 bits per heavy atom. The summed E-state index contributed by atoms with van der Waals surface area (Å²) in [6, 6.07) is 11.1. The van der Waals surface area contributed by atoms with E-state index in [1.54, 1.807) is 0 Å². The summed E-state index contributed by atoms with van der Waals surface area (Å²) in [4.78, 5) is 14.3. The summed E-state index contributed by atoms with van der Waals surface area (Å²) in [5.41, 5.74) is 0.573. The van der Waals surface area contributed by atoms with E-state index >= 15 is 0 Å². The SMILES string of the molecule is O=C(c1ccc(F)c(F)c1F)N(CCc1ccccc1)C1CCOC1. The maximum atomic E-state index is 14.0. The number of amides is 1. The Morgan fingerprint density at radius 3 is 2.52 bits per heavy atom. The first kappa shape index (κ1) is 17.5. The van der Waals surface area contributed by atoms with E-state index in [1.165, 1.54) is 4.90 Å². The Kier molecular flexibility index (Phi) is 5.38. The van der Waals surface area contributed by atoms with Gasteiger partial charge >= 0.3 is 0 Å². The lowest BCUT2D eigenvalue weighted by atomic mass is 10.1. The fraction of sp³-hybridized carbons (Fsp3) is 0.316. The highest BCUT2D eigenvalue weighted by molar-refractivity contribution is 5.94. The number of hydrogen-bond donors (Lipinski definition) is 0. The largest absolute Gasteiger partial charge is 0.379 e. The van der Waals surface area contributed by atoms with Crippen molar-refractivity contribution in [2.24, 2.45) is 0 Å². The van der Waals surface area contributed by atoms with Crippen molar-refractivity contribution in [2.75, 3.05) is 19.8 Å². The minimum Gasteiger partial charge on any atom is -0.379 e. The number of nitrogens with zero attached hydrogens (tertiary/aromatic N) is 1. The lowest BCUT2D eigenvalue weighted by molar-refractivity contribution is 0.0650. The molecule has 1 aliphatic rings. The Hall–Kier alpha value is -2.34. The molecule has 1 atom stereocenters. The molecule has 3 rings (SSSR count). The van der Waals surface area contributed by atoms with Gasteiger partial charge in [-0.1, -0.05) is 30.3 Å². The molecule has 2 aromatic rings. The predicted octanol–water partition coefficient (Wildman–Crippen LogP) is 3.58. The monoisotopic (exact) mass is 349 g/mol. The van der Waals surface area contributed by atoms with E-state index in [9.17, 15) is 18.0 Å². The molecule has 1 heterocycles. The van der Waals surface area contributed by atoms with E-state index in [1.807, 2.05) is 30.3 Å². The summed E-state index contributed by atoms with van der Waals surface area (Å²) in [7, 11) is 0. The number of carbonyl (C=O) groups excluding carboxylic acids is 1. The minimum atomic E-state index is -1.63. The first-order valence-corrected chi connectivity index (χ1v) is 8.14. The van der Waals surface area contributed by atoms with Crippen molar-refractivity contribution >= 4 is 5.91 Å². The van der Waals surface area contributed by atoms with Crippen molar-refractivity contribution in [2.45, 2.75) is 18.9 Å². The van der Waals surface area contributed by atoms with Crippen LogP contribution in [0, 0.1) is 17.5 Å². The number of rotatable bonds is 5. The van der Waals surface area contributed by atoms with Gasteiger partial charge in [0, 0.05) is 13.2 Å². The van der Waals surface area contributed by atoms with Crippen LogP contribution in [0.25, 0.3) is 0 Å². The lowest BCUT2D eigenvalue weighted by Crippen LogP contribution is -2.42. The molecule has 3 nitrogen and oxygen atoms in total. The van der Waals surface area contributed by atoms with Gasteiger partial charge in [-0.25, -0.2) is 13.2 Å². The molecule has 1 unspecified atom stereocenters. The molecule has 132 valence electrons. The zero-order valence-corrected chi connectivity index (χ0v) is 13.6. The molecule has 25 heavy (non-hydrogen) atoms. The number of hydrogen-bond acceptors (Lipinski definition) is 2. The molecule has 1 amide bonds. The van der Waals surface area contributed by atoms with E-state index in [0.717, 1.165) is 17.7 Å². The molecule has 0 aromatic heterocycles. The van der Waals surface area contributed by atoms with E-state index in [2.05, 4.69) is 0 Å². The van der Waals surface area contributed by atoms with Gasteiger partial charge in [0.1, 0.15) is 0 Å². The maximum absolute atomic E-state index is 14.0. The van der Waals surface area contributed by atoms with Crippen molar-refractivity contribution < 1.29 is 22.7 Å². The van der Waals surface area contributed by atoms with Crippen molar-refractivity contribution in [3.63, 3.8) is 0 Å². The highest BCUT2D eigenvalue weighted by atomic mass is 19.2. The Balaban J connectivity index is 1.83. The summed E-state index contributed by atoms with van der Waals surface area (Å²) in [5, 5.41) is 0. The lowest BCUT2D eigenvalue weighted by Gasteiger charge is -2.28. The second kappa shape index (κ2) is 7.70. The van der Waals surface area contributed by atoms with Crippen LogP contribution in [0.2, 0.25) is 0 Å². The quantitative estimate of drug-likeness (QED) is 0.773. The first-order chi connectivity index (χ1) is 12.1. The van der Waals surface area contributed by atoms with E-state index in [0.29, 0.717) is 32.6 Å². The summed E-state index contributed by atoms with van der Waals surface area (Å²) < 4.78 is 46.0. The Bertz CT molecular complexity index is 746. The fourth-order valence-corrected chi connectivity index (χ4v) is 2.96. The van der Waals surface area contributed by atoms with Crippen LogP contribution in [0.4, 0.5) is 13.2 Å². The molecule has 2 aromatic carbocycles. The fourth-order valence-electron chi connectivity index (χ4n) is 2.96. The molecule has 1 aliphatic heterocycles. The van der Waals surface area contributed by atoms with Crippen LogP contribution in [-0.2, 0) is 11.2 Å². The maximum Gasteiger partial charge on any atom is 0.257 e. The summed E-state index contributed by atoms with van der Waals surface area (Å²) >= 11 is 0. The van der Waals surface area contributed by atoms with Gasteiger partial charge in [-0.2, -0.15) is 0 Å². The number of carbonyl (C=O) groups is 1. The summed E-state index contributed by atoms with van der Waals surface area (Å²) in [6.07, 6.45) is 1.21. The molecule has 0 spiro atoms. The van der Waals surface area contributed by atoms with Crippen LogP contribution in [0.15, 0.2) is 42.5 Å². The third-order valence-corrected chi connectivity index (χ3v) is 4.36. The average Bonchev–Trinajstić information content (AvgIpc) is 3.15. The Labute approximate surface area is 144 Å². The number of ether oxygens (including phenoxy) is 1. The van der Waals surface area contributed by atoms with Crippen LogP contribution in [-0.4, -0.2) is 36.6 Å². The molecular weight excluding hydrogens is 331 g/mol. The van der Waals surface area contributed by atoms with Gasteiger partial charge in [-0.05, 0) is 30.5 Å². The second-order valence-corrected chi connectivity index (χ2v) is 5.97. The van der Waals surface area contributed by atoms with E-state index < -0.39 is 28.9 Å². The predicted molar refractivity (Wildman–Crippen MR) is 86.7 cm³/mol. The van der Waals surface area contributed by atoms with E-state index in [4.69, 9.17) is 4.74 Å². The number of halogens is 3. The van der Waals surface area contributed by atoms with Crippen LogP contribution in [0.1, 0.15) is 22.3 Å². The third-order valence-electron chi connectivity index (χ3n) is 4.36. The summed E-state index contributed by atoms with van der Waals surface area (Å²) in [6.45, 7) is 1.21. The normalized spacial score (nSPS) is 16.8. The zero-order valence-electron chi connectivity index (χ0n) is 13.6. The zero-order chi connectivity index (χ0) is 17.8. The van der Waals surface area contributed by atoms with Crippen LogP contribution in [0.3, 0.4) is 0 Å². The van der Waals surface area contributed by atoms with Gasteiger partial charge in [0.2, 0.25) is 0 Å². The standard InChI is InChI=1S/C19H18F3NO2/c20-16-7-6-15(17(21)18(16)22)19(24)23(14-9-11-25-12-14)10-8-13-4-2-1-3-5-13/h1-7,14H,8-12H2. The van der Waals surface area contributed by atoms with Gasteiger partial charge in [0.25, 0.3) is 5.91 Å². The van der Waals surface area contributed by atoms with Gasteiger partial charge < -0.3 is 9.64 Å². The molecule has 0 radical (unpaired) electrons. The van der Waals surface area contributed by atoms with Crippen molar-refractivity contribution in [1.29, 1.82) is 0 Å². The van der Waals surface area contributed by atoms with Gasteiger partial charge in [-0.15, -0.1) is 0 Å². The minimum absolute atomic E-state index is 0.205. The second-order valence-electron chi connectivity index (χ2n) is 5.97. The van der Waals surface area contributed by atoms with Crippen LogP contribution in [0.5, 0.6) is 0 Å². The van der Waals surface area contributed by atoms with Gasteiger partial charge in [0.15, 0.2) is 17.5 Å². The molecule has 6 heteroatoms. The van der Waals surface area contributed by atoms with E-state index in [-0.39, 0.29) is 6.04 Å². The highest BCUT2D eigenvalue weighted by Gasteiger charge is 2.30. The smallest absolute Gasteiger partial charge is 0.257 e. The molecule has 0 saturated carbocycles. The Morgan fingerprint density at radius 2 is 1.84 bits per heavy atom. The van der Waals surface area contributed by atoms with Crippen LogP contribution < -0.4 is 0 Å². The average molecular weight is 349 g/mol. The molecule has 0 N–H and O–H groups in total. The first-order valence-electron chi connectivity index (χ1n) is 8.14. The van der Waals surface area contributed by atoms with Crippen molar-refractivity contribution in [3.8, 4) is 0 Å². The van der Waals surface area contributed by atoms with Crippen LogP contribution >= 0.6 is 0 Å². The molecule has 0 aliphatic carbocycles. The molecular formula is C19H18F3NO2. The molecule has 0 bridgehead atoms. The number of benzene rings is 2. The van der Waals surface area contributed by atoms with Gasteiger partial charge in [-0.3, -0.25) is 4.79 Å².